The summed E-state index contributed by atoms with van der Waals surface area (Å²) >= 11 is 0. The van der Waals surface area contributed by atoms with E-state index in [2.05, 4.69) is 0 Å². The molecule has 0 radical (unpaired) electrons. The van der Waals surface area contributed by atoms with Crippen LogP contribution >= 0.6 is 0 Å². The van der Waals surface area contributed by atoms with E-state index in [0.29, 0.717) is 17.2 Å². The lowest BCUT2D eigenvalue weighted by molar-refractivity contribution is 0.168. The number of ether oxygens (including phenoxy) is 3. The minimum Gasteiger partial charge on any atom is -0.492 e. The molecule has 0 aromatic heterocycles. The lowest BCUT2D eigenvalue weighted by Gasteiger charge is -2.10. The third-order valence-electron chi connectivity index (χ3n) is 2.23. The van der Waals surface area contributed by atoms with Crippen LogP contribution in [0.15, 0.2) is 6.07 Å². The van der Waals surface area contributed by atoms with Crippen molar-refractivity contribution in [3.63, 3.8) is 0 Å². The zero-order chi connectivity index (χ0) is 10.1. The molecule has 0 aliphatic carbocycles. The van der Waals surface area contributed by atoms with E-state index in [1.807, 2.05) is 13.0 Å². The maximum absolute atomic E-state index is 9.11. The number of rotatable bonds is 2. The van der Waals surface area contributed by atoms with Gasteiger partial charge in [0.2, 0.25) is 12.5 Å². The van der Waals surface area contributed by atoms with Gasteiger partial charge in [-0.1, -0.05) is 0 Å². The van der Waals surface area contributed by atoms with Crippen LogP contribution in [0.25, 0.3) is 0 Å². The van der Waals surface area contributed by atoms with Gasteiger partial charge in [0.05, 0.1) is 13.7 Å². The summed E-state index contributed by atoms with van der Waals surface area (Å²) in [6, 6.07) is 1.84. The Hall–Kier alpha value is -1.42. The van der Waals surface area contributed by atoms with Crippen LogP contribution in [0, 0.1) is 6.92 Å². The molecule has 1 heterocycles. The molecule has 76 valence electrons. The van der Waals surface area contributed by atoms with E-state index in [1.165, 1.54) is 0 Å². The van der Waals surface area contributed by atoms with Crippen LogP contribution in [-0.4, -0.2) is 19.0 Å². The molecule has 0 atom stereocenters. The second-order valence-electron chi connectivity index (χ2n) is 3.11. The molecule has 1 N–H and O–H groups in total. The molecular weight excluding hydrogens is 184 g/mol. The minimum absolute atomic E-state index is 0.0590. The minimum atomic E-state index is -0.0590. The molecule has 14 heavy (non-hydrogen) atoms. The fourth-order valence-electron chi connectivity index (χ4n) is 1.63. The first-order valence-electron chi connectivity index (χ1n) is 4.35. The zero-order valence-electron chi connectivity index (χ0n) is 8.16. The lowest BCUT2D eigenvalue weighted by Crippen LogP contribution is -1.94. The molecule has 1 aliphatic heterocycles. The number of hydrogen-bond donors (Lipinski definition) is 1. The van der Waals surface area contributed by atoms with E-state index < -0.39 is 0 Å². The highest BCUT2D eigenvalue weighted by atomic mass is 16.7. The SMILES string of the molecule is COc1c(C)cc(CO)c2c1OCO2. The summed E-state index contributed by atoms with van der Waals surface area (Å²) in [6.45, 7) is 2.03. The monoisotopic (exact) mass is 196 g/mol. The topological polar surface area (TPSA) is 47.9 Å². The van der Waals surface area contributed by atoms with Crippen LogP contribution in [0.3, 0.4) is 0 Å². The van der Waals surface area contributed by atoms with E-state index in [9.17, 15) is 0 Å². The summed E-state index contributed by atoms with van der Waals surface area (Å²) in [5, 5.41) is 9.11. The van der Waals surface area contributed by atoms with Gasteiger partial charge in [0.1, 0.15) is 0 Å². The maximum Gasteiger partial charge on any atom is 0.231 e. The molecule has 0 bridgehead atoms. The average Bonchev–Trinajstić information content (AvgIpc) is 2.65. The van der Waals surface area contributed by atoms with Gasteiger partial charge in [-0.2, -0.15) is 0 Å². The fourth-order valence-corrected chi connectivity index (χ4v) is 1.63. The highest BCUT2D eigenvalue weighted by Gasteiger charge is 2.24. The molecule has 0 spiro atoms. The van der Waals surface area contributed by atoms with Crippen LogP contribution in [0.2, 0.25) is 0 Å². The lowest BCUT2D eigenvalue weighted by atomic mass is 10.1. The molecule has 1 aromatic rings. The van der Waals surface area contributed by atoms with Crippen molar-refractivity contribution in [2.75, 3.05) is 13.9 Å². The first-order chi connectivity index (χ1) is 6.77. The molecule has 1 aromatic carbocycles. The van der Waals surface area contributed by atoms with Gasteiger partial charge in [-0.15, -0.1) is 0 Å². The number of fused-ring (bicyclic) bond motifs is 1. The molecule has 0 fully saturated rings. The van der Waals surface area contributed by atoms with Crippen LogP contribution in [-0.2, 0) is 6.61 Å². The van der Waals surface area contributed by atoms with Crippen LogP contribution < -0.4 is 14.2 Å². The predicted octanol–water partition coefficient (Wildman–Crippen LogP) is 1.22. The Kier molecular flexibility index (Phi) is 2.21. The number of aliphatic hydroxyl groups excluding tert-OH is 1. The first-order valence-corrected chi connectivity index (χ1v) is 4.35. The molecule has 0 saturated carbocycles. The van der Waals surface area contributed by atoms with Crippen molar-refractivity contribution in [2.24, 2.45) is 0 Å². The van der Waals surface area contributed by atoms with E-state index in [4.69, 9.17) is 19.3 Å². The summed E-state index contributed by atoms with van der Waals surface area (Å²) in [4.78, 5) is 0. The summed E-state index contributed by atoms with van der Waals surface area (Å²) in [6.07, 6.45) is 0. The Balaban J connectivity index is 2.61. The third kappa shape index (κ3) is 1.19. The molecule has 4 nitrogen and oxygen atoms in total. The number of benzene rings is 1. The molecule has 1 aliphatic rings. The highest BCUT2D eigenvalue weighted by molar-refractivity contribution is 5.60. The van der Waals surface area contributed by atoms with Crippen molar-refractivity contribution in [3.05, 3.63) is 17.2 Å². The molecule has 0 unspecified atom stereocenters. The number of aliphatic hydroxyl groups is 1. The summed E-state index contributed by atoms with van der Waals surface area (Å²) in [5.41, 5.74) is 1.66. The van der Waals surface area contributed by atoms with Gasteiger partial charge in [0, 0.05) is 5.56 Å². The van der Waals surface area contributed by atoms with Gasteiger partial charge < -0.3 is 19.3 Å². The van der Waals surface area contributed by atoms with Crippen molar-refractivity contribution in [1.82, 2.24) is 0 Å². The maximum atomic E-state index is 9.11. The van der Waals surface area contributed by atoms with Crippen molar-refractivity contribution in [2.45, 2.75) is 13.5 Å². The van der Waals surface area contributed by atoms with Crippen molar-refractivity contribution in [1.29, 1.82) is 0 Å². The quantitative estimate of drug-likeness (QED) is 0.772. The van der Waals surface area contributed by atoms with E-state index in [-0.39, 0.29) is 13.4 Å². The number of hydrogen-bond acceptors (Lipinski definition) is 4. The largest absolute Gasteiger partial charge is 0.492 e. The Morgan fingerprint density at radius 1 is 1.43 bits per heavy atom. The third-order valence-corrected chi connectivity index (χ3v) is 2.23. The highest BCUT2D eigenvalue weighted by Crippen LogP contribution is 2.45. The summed E-state index contributed by atoms with van der Waals surface area (Å²) in [5.74, 6) is 1.86. The summed E-state index contributed by atoms with van der Waals surface area (Å²) in [7, 11) is 1.59. The molecule has 0 amide bonds. The van der Waals surface area contributed by atoms with Gasteiger partial charge in [0.15, 0.2) is 11.5 Å². The van der Waals surface area contributed by atoms with Crippen LogP contribution in [0.1, 0.15) is 11.1 Å². The normalized spacial score (nSPS) is 13.1. The van der Waals surface area contributed by atoms with Gasteiger partial charge in [0.25, 0.3) is 0 Å². The molecule has 4 heteroatoms. The molecular formula is C10H12O4. The Labute approximate surface area is 82.0 Å². The summed E-state index contributed by atoms with van der Waals surface area (Å²) < 4.78 is 15.7. The van der Waals surface area contributed by atoms with E-state index in [1.54, 1.807) is 7.11 Å². The second-order valence-corrected chi connectivity index (χ2v) is 3.11. The Morgan fingerprint density at radius 2 is 2.14 bits per heavy atom. The average molecular weight is 196 g/mol. The number of methoxy groups -OCH3 is 1. The first kappa shape index (κ1) is 9.15. The Bertz CT molecular complexity index is 360. The predicted molar refractivity (Wildman–Crippen MR) is 49.8 cm³/mol. The number of aryl methyl sites for hydroxylation is 1. The molecule has 0 saturated heterocycles. The van der Waals surface area contributed by atoms with Crippen molar-refractivity contribution in [3.8, 4) is 17.2 Å². The van der Waals surface area contributed by atoms with E-state index in [0.717, 1.165) is 11.1 Å². The standard InChI is InChI=1S/C10H12O4/c1-6-3-7(4-11)9-10(8(6)12-2)14-5-13-9/h3,11H,4-5H2,1-2H3. The molecule has 2 rings (SSSR count). The van der Waals surface area contributed by atoms with E-state index >= 15 is 0 Å². The van der Waals surface area contributed by atoms with Gasteiger partial charge in [-0.05, 0) is 18.6 Å². The Morgan fingerprint density at radius 3 is 2.79 bits per heavy atom. The fraction of sp³-hybridized carbons (Fsp3) is 0.400. The van der Waals surface area contributed by atoms with Crippen LogP contribution in [0.4, 0.5) is 0 Å². The smallest absolute Gasteiger partial charge is 0.231 e. The van der Waals surface area contributed by atoms with Crippen molar-refractivity contribution < 1.29 is 19.3 Å². The van der Waals surface area contributed by atoms with Gasteiger partial charge in [-0.3, -0.25) is 0 Å². The zero-order valence-corrected chi connectivity index (χ0v) is 8.16. The van der Waals surface area contributed by atoms with Gasteiger partial charge >= 0.3 is 0 Å². The van der Waals surface area contributed by atoms with Gasteiger partial charge in [-0.25, -0.2) is 0 Å². The van der Waals surface area contributed by atoms with Crippen LogP contribution in [0.5, 0.6) is 17.2 Å². The van der Waals surface area contributed by atoms with Crippen molar-refractivity contribution >= 4 is 0 Å². The second kappa shape index (κ2) is 3.38.